The number of hydrogen-bond donors (Lipinski definition) is 3. The highest BCUT2D eigenvalue weighted by atomic mass is 35.5. The van der Waals surface area contributed by atoms with Crippen LogP contribution in [0, 0.1) is 0 Å². The van der Waals surface area contributed by atoms with Gasteiger partial charge in [0.15, 0.2) is 5.75 Å². The summed E-state index contributed by atoms with van der Waals surface area (Å²) < 4.78 is 36.1. The van der Waals surface area contributed by atoms with Gasteiger partial charge in [-0.05, 0) is 31.3 Å². The van der Waals surface area contributed by atoms with E-state index in [2.05, 4.69) is 20.7 Å². The predicted molar refractivity (Wildman–Crippen MR) is 119 cm³/mol. The van der Waals surface area contributed by atoms with Crippen LogP contribution in [0.25, 0.3) is 0 Å². The smallest absolute Gasteiger partial charge is 0.387 e. The molecule has 1 aromatic carbocycles. The normalized spacial score (nSPS) is 14.8. The second kappa shape index (κ2) is 11.4. The lowest BCUT2D eigenvalue weighted by molar-refractivity contribution is -0.125. The Bertz CT molecular complexity index is 1020. The summed E-state index contributed by atoms with van der Waals surface area (Å²) in [6, 6.07) is 6.40. The Morgan fingerprint density at radius 2 is 2.09 bits per heavy atom. The van der Waals surface area contributed by atoms with Crippen molar-refractivity contribution in [1.82, 2.24) is 10.6 Å². The van der Waals surface area contributed by atoms with E-state index in [-0.39, 0.29) is 37.0 Å². The summed E-state index contributed by atoms with van der Waals surface area (Å²) in [4.78, 5) is 38.7. The van der Waals surface area contributed by atoms with Crippen LogP contribution in [0.4, 0.5) is 20.2 Å². The highest BCUT2D eigenvalue weighted by molar-refractivity contribution is 7.18. The number of halogens is 3. The molecule has 0 radical (unpaired) electrons. The minimum Gasteiger partial charge on any atom is -0.433 e. The maximum atomic E-state index is 13.0. The summed E-state index contributed by atoms with van der Waals surface area (Å²) >= 11 is 6.92. The summed E-state index contributed by atoms with van der Waals surface area (Å²) in [6.45, 7) is -2.76. The van der Waals surface area contributed by atoms with E-state index < -0.39 is 24.5 Å². The third kappa shape index (κ3) is 6.60. The van der Waals surface area contributed by atoms with Crippen LogP contribution in [-0.4, -0.2) is 63.7 Å². The van der Waals surface area contributed by atoms with E-state index in [1.54, 1.807) is 12.1 Å². The highest BCUT2D eigenvalue weighted by Gasteiger charge is 2.24. The second-order valence-corrected chi connectivity index (χ2v) is 8.52. The van der Waals surface area contributed by atoms with Crippen molar-refractivity contribution in [2.75, 3.05) is 43.6 Å². The van der Waals surface area contributed by atoms with E-state index >= 15 is 0 Å². The number of ether oxygens (including phenoxy) is 2. The van der Waals surface area contributed by atoms with Crippen LogP contribution in [0.2, 0.25) is 4.34 Å². The first-order chi connectivity index (χ1) is 15.8. The second-order valence-electron chi connectivity index (χ2n) is 6.80. The van der Waals surface area contributed by atoms with Crippen molar-refractivity contribution >= 4 is 52.0 Å². The molecule has 2 heterocycles. The number of likely N-dealkylation sites (N-methyl/N-ethyl adjacent to an activating group) is 1. The van der Waals surface area contributed by atoms with Gasteiger partial charge in [-0.25, -0.2) is 0 Å². The molecule has 1 saturated heterocycles. The van der Waals surface area contributed by atoms with E-state index in [1.165, 1.54) is 30.1 Å². The molecule has 1 aliphatic heterocycles. The Balaban J connectivity index is 1.70. The molecule has 3 rings (SSSR count). The predicted octanol–water partition coefficient (Wildman–Crippen LogP) is 2.32. The number of thiophene rings is 1. The van der Waals surface area contributed by atoms with Crippen LogP contribution in [0.5, 0.6) is 5.75 Å². The van der Waals surface area contributed by atoms with E-state index in [9.17, 15) is 23.2 Å². The van der Waals surface area contributed by atoms with Crippen molar-refractivity contribution in [3.05, 3.63) is 39.5 Å². The van der Waals surface area contributed by atoms with Crippen LogP contribution >= 0.6 is 22.9 Å². The molecule has 178 valence electrons. The lowest BCUT2D eigenvalue weighted by atomic mass is 10.2. The molecule has 33 heavy (non-hydrogen) atoms. The van der Waals surface area contributed by atoms with Crippen molar-refractivity contribution in [2.24, 2.45) is 0 Å². The molecule has 3 amide bonds. The third-order valence-corrected chi connectivity index (χ3v) is 5.90. The van der Waals surface area contributed by atoms with Crippen LogP contribution in [-0.2, 0) is 14.3 Å². The van der Waals surface area contributed by atoms with Crippen LogP contribution in [0.3, 0.4) is 0 Å². The van der Waals surface area contributed by atoms with Gasteiger partial charge in [0.25, 0.3) is 11.8 Å². The van der Waals surface area contributed by atoms with Gasteiger partial charge in [0, 0.05) is 24.8 Å². The van der Waals surface area contributed by atoms with Crippen molar-refractivity contribution in [2.45, 2.75) is 12.7 Å². The highest BCUT2D eigenvalue weighted by Crippen LogP contribution is 2.32. The average Bonchev–Trinajstić information content (AvgIpc) is 3.21. The van der Waals surface area contributed by atoms with Crippen molar-refractivity contribution < 1.29 is 32.6 Å². The summed E-state index contributed by atoms with van der Waals surface area (Å²) in [5.41, 5.74) is 0.324. The molecule has 0 aliphatic carbocycles. The maximum Gasteiger partial charge on any atom is 0.387 e. The Labute approximate surface area is 197 Å². The SMILES string of the molecule is CN[C@@H](CNC(=O)c1ccc(Cl)s1)C(=O)Nc1ccc(N2CCOCC2=O)cc1OC(F)F. The number of nitrogens with zero attached hydrogens (tertiary/aromatic N) is 1. The zero-order valence-electron chi connectivity index (χ0n) is 17.4. The average molecular weight is 503 g/mol. The van der Waals surface area contributed by atoms with Gasteiger partial charge in [0.2, 0.25) is 5.91 Å². The fraction of sp³-hybridized carbons (Fsp3) is 0.350. The van der Waals surface area contributed by atoms with E-state index in [4.69, 9.17) is 16.3 Å². The molecule has 1 atom stereocenters. The van der Waals surface area contributed by atoms with E-state index in [1.807, 2.05) is 0 Å². The van der Waals surface area contributed by atoms with Gasteiger partial charge in [-0.15, -0.1) is 11.3 Å². The van der Waals surface area contributed by atoms with E-state index in [0.717, 1.165) is 11.3 Å². The van der Waals surface area contributed by atoms with Gasteiger partial charge >= 0.3 is 6.61 Å². The number of alkyl halides is 2. The number of benzene rings is 1. The minimum absolute atomic E-state index is 0.0126. The molecule has 0 unspecified atom stereocenters. The summed E-state index contributed by atoms with van der Waals surface area (Å²) in [5.74, 6) is -1.61. The fourth-order valence-corrected chi connectivity index (χ4v) is 3.99. The molecule has 13 heteroatoms. The Morgan fingerprint density at radius 3 is 2.73 bits per heavy atom. The zero-order chi connectivity index (χ0) is 24.0. The molecule has 1 fully saturated rings. The largest absolute Gasteiger partial charge is 0.433 e. The number of morpholine rings is 1. The fourth-order valence-electron chi connectivity index (χ4n) is 3.03. The molecule has 0 bridgehead atoms. The van der Waals surface area contributed by atoms with Crippen molar-refractivity contribution in [1.29, 1.82) is 0 Å². The molecule has 9 nitrogen and oxygen atoms in total. The number of anilines is 2. The first-order valence-corrected chi connectivity index (χ1v) is 11.0. The quantitative estimate of drug-likeness (QED) is 0.485. The Hall–Kier alpha value is -2.80. The number of nitrogens with one attached hydrogen (secondary N) is 3. The molecule has 2 aromatic rings. The molecule has 0 spiro atoms. The van der Waals surface area contributed by atoms with Gasteiger partial charge < -0.3 is 30.3 Å². The van der Waals surface area contributed by atoms with Gasteiger partial charge in [0.05, 0.1) is 21.5 Å². The number of carbonyl (C=O) groups excluding carboxylic acids is 3. The number of amides is 3. The molecule has 1 aliphatic rings. The number of rotatable bonds is 9. The molecular formula is C20H21ClF2N4O5S. The van der Waals surface area contributed by atoms with Crippen LogP contribution in [0.15, 0.2) is 30.3 Å². The van der Waals surface area contributed by atoms with Gasteiger partial charge in [-0.1, -0.05) is 11.6 Å². The maximum absolute atomic E-state index is 13.0. The van der Waals surface area contributed by atoms with Crippen LogP contribution in [0.1, 0.15) is 9.67 Å². The summed E-state index contributed by atoms with van der Waals surface area (Å²) in [6.07, 6.45) is 0. The molecule has 3 N–H and O–H groups in total. The van der Waals surface area contributed by atoms with E-state index in [0.29, 0.717) is 21.5 Å². The van der Waals surface area contributed by atoms with Gasteiger partial charge in [-0.2, -0.15) is 8.78 Å². The molecular weight excluding hydrogens is 482 g/mol. The first-order valence-electron chi connectivity index (χ1n) is 9.77. The van der Waals surface area contributed by atoms with Crippen LogP contribution < -0.4 is 25.6 Å². The summed E-state index contributed by atoms with van der Waals surface area (Å²) in [7, 11) is 1.52. The lowest BCUT2D eigenvalue weighted by Crippen LogP contribution is -2.47. The minimum atomic E-state index is -3.15. The first kappa shape index (κ1) is 24.8. The van der Waals surface area contributed by atoms with Gasteiger partial charge in [0.1, 0.15) is 12.6 Å². The summed E-state index contributed by atoms with van der Waals surface area (Å²) in [5, 5.41) is 7.89. The van der Waals surface area contributed by atoms with Crippen molar-refractivity contribution in [3.63, 3.8) is 0 Å². The number of hydrogen-bond acceptors (Lipinski definition) is 7. The number of carbonyl (C=O) groups is 3. The zero-order valence-corrected chi connectivity index (χ0v) is 19.0. The van der Waals surface area contributed by atoms with Crippen molar-refractivity contribution in [3.8, 4) is 5.75 Å². The standard InChI is InChI=1S/C20H21ClF2N4O5S/c1-24-13(9-25-19(30)15-4-5-16(21)33-15)18(29)26-12-3-2-11(8-14(12)32-20(22)23)27-6-7-31-10-17(27)28/h2-5,8,13,20,24H,6-7,9-10H2,1H3,(H,25,30)(H,26,29)/t13-/m0/s1. The third-order valence-electron chi connectivity index (χ3n) is 4.67. The lowest BCUT2D eigenvalue weighted by Gasteiger charge is -2.27. The monoisotopic (exact) mass is 502 g/mol. The molecule has 0 saturated carbocycles. The Morgan fingerprint density at radius 1 is 1.30 bits per heavy atom. The topological polar surface area (TPSA) is 109 Å². The molecule has 1 aromatic heterocycles. The van der Waals surface area contributed by atoms with Gasteiger partial charge in [-0.3, -0.25) is 14.4 Å². The Kier molecular flexibility index (Phi) is 8.55.